The van der Waals surface area contributed by atoms with Crippen molar-refractivity contribution in [3.8, 4) is 0 Å². The van der Waals surface area contributed by atoms with Crippen LogP contribution in [0.4, 0.5) is 8.78 Å². The Bertz CT molecular complexity index is 1360. The topological polar surface area (TPSA) is 0 Å². The second-order valence-corrected chi connectivity index (χ2v) is 24.4. The molecule has 0 heterocycles. The minimum absolute atomic E-state index is 0. The molecule has 0 fully saturated rings. The molecule has 0 nitrogen and oxygen atoms in total. The summed E-state index contributed by atoms with van der Waals surface area (Å²) in [5.41, 5.74) is 6.79. The Kier molecular flexibility index (Phi) is 10.3. The average molecular weight is 629 g/mol. The van der Waals surface area contributed by atoms with E-state index >= 15 is 0 Å². The van der Waals surface area contributed by atoms with E-state index in [9.17, 15) is 8.78 Å². The van der Waals surface area contributed by atoms with Gasteiger partial charge < -0.3 is 24.8 Å². The molecular weight excluding hydrogens is 601 g/mol. The van der Waals surface area contributed by atoms with E-state index in [-0.39, 0.29) is 36.4 Å². The van der Waals surface area contributed by atoms with Crippen LogP contribution in [0.1, 0.15) is 37.8 Å². The molecule has 2 aliphatic carbocycles. The minimum Gasteiger partial charge on any atom is -1.00 e. The van der Waals surface area contributed by atoms with Gasteiger partial charge in [-0.15, -0.1) is 0 Å². The summed E-state index contributed by atoms with van der Waals surface area (Å²) < 4.78 is 30.5. The molecule has 3 aromatic carbocycles. The van der Waals surface area contributed by atoms with Gasteiger partial charge in [0.05, 0.1) is 0 Å². The molecule has 0 saturated heterocycles. The van der Waals surface area contributed by atoms with Crippen LogP contribution in [0.3, 0.4) is 0 Å². The number of benzene rings is 3. The third kappa shape index (κ3) is 6.09. The summed E-state index contributed by atoms with van der Waals surface area (Å²) in [7, 11) is 0. The van der Waals surface area contributed by atoms with Crippen LogP contribution in [0.5, 0.6) is 0 Å². The molecule has 0 amide bonds. The van der Waals surface area contributed by atoms with Crippen molar-refractivity contribution in [2.75, 3.05) is 0 Å². The van der Waals surface area contributed by atoms with E-state index in [1.807, 2.05) is 24.3 Å². The van der Waals surface area contributed by atoms with Crippen molar-refractivity contribution >= 4 is 21.8 Å². The molecular formula is C31H28Cl2F2SiZr. The van der Waals surface area contributed by atoms with Gasteiger partial charge in [0, 0.05) is 0 Å². The smallest absolute Gasteiger partial charge is 1.00 e. The van der Waals surface area contributed by atoms with Gasteiger partial charge >= 0.3 is 216 Å². The van der Waals surface area contributed by atoms with Gasteiger partial charge in [-0.05, 0) is 0 Å². The second kappa shape index (κ2) is 12.8. The normalized spacial score (nSPS) is 14.4. The van der Waals surface area contributed by atoms with Crippen molar-refractivity contribution < 1.29 is 54.0 Å². The zero-order chi connectivity index (χ0) is 24.5. The molecule has 0 bridgehead atoms. The molecule has 0 atom stereocenters. The second-order valence-electron chi connectivity index (χ2n) is 9.23. The Morgan fingerprint density at radius 1 is 0.622 bits per heavy atom. The Labute approximate surface area is 238 Å². The van der Waals surface area contributed by atoms with Crippen LogP contribution >= 0.6 is 0 Å². The monoisotopic (exact) mass is 626 g/mol. The maximum Gasteiger partial charge on any atom is -1.00 e. The molecule has 2 aliphatic rings. The van der Waals surface area contributed by atoms with Crippen molar-refractivity contribution in [3.63, 3.8) is 0 Å². The van der Waals surface area contributed by atoms with E-state index in [0.29, 0.717) is 0 Å². The van der Waals surface area contributed by atoms with Crippen LogP contribution < -0.4 is 30.0 Å². The zero-order valence-corrected chi connectivity index (χ0v) is 26.1. The van der Waals surface area contributed by atoms with Crippen molar-refractivity contribution in [1.29, 1.82) is 0 Å². The largest absolute Gasteiger partial charge is 1.00 e. The van der Waals surface area contributed by atoms with Crippen LogP contribution in [0.2, 0.25) is 6.55 Å². The van der Waals surface area contributed by atoms with Crippen molar-refractivity contribution in [1.82, 2.24) is 0 Å². The third-order valence-corrected chi connectivity index (χ3v) is 26.2. The number of hydrogen-bond donors (Lipinski definition) is 0. The predicted molar refractivity (Wildman–Crippen MR) is 141 cm³/mol. The van der Waals surface area contributed by atoms with E-state index < -0.39 is 25.8 Å². The molecule has 0 spiro atoms. The first kappa shape index (κ1) is 29.7. The maximum absolute atomic E-state index is 13.6. The molecule has 5 rings (SSSR count). The summed E-state index contributed by atoms with van der Waals surface area (Å²) in [5, 5.41) is 1.51. The fourth-order valence-electron chi connectivity index (χ4n) is 5.32. The SMILES string of the molecule is CC1=[C]([Zr+2]([C]2=C(C)C(c3ccc(F)cc3)=CC2)=[Si](C)c2ccccc2)CC=C1c1ccc(F)cc1.[Cl-].[Cl-]. The van der Waals surface area contributed by atoms with Crippen molar-refractivity contribution in [2.45, 2.75) is 33.2 Å². The number of hydrogen-bond acceptors (Lipinski definition) is 0. The van der Waals surface area contributed by atoms with Crippen LogP contribution in [0.15, 0.2) is 109 Å². The molecule has 6 heteroatoms. The van der Waals surface area contributed by atoms with Gasteiger partial charge in [0.15, 0.2) is 0 Å². The summed E-state index contributed by atoms with van der Waals surface area (Å²) in [5.74, 6) is -0.390. The van der Waals surface area contributed by atoms with Gasteiger partial charge in [-0.3, -0.25) is 0 Å². The number of rotatable bonds is 5. The maximum atomic E-state index is 13.6. The Balaban J connectivity index is 0.00000190. The molecule has 0 aromatic heterocycles. The van der Waals surface area contributed by atoms with E-state index in [2.05, 4.69) is 62.9 Å². The van der Waals surface area contributed by atoms with Gasteiger partial charge in [-0.25, -0.2) is 0 Å². The minimum atomic E-state index is -2.29. The number of halogens is 4. The van der Waals surface area contributed by atoms with Crippen LogP contribution in [0, 0.1) is 11.6 Å². The van der Waals surface area contributed by atoms with Crippen molar-refractivity contribution in [2.24, 2.45) is 0 Å². The summed E-state index contributed by atoms with van der Waals surface area (Å²) in [6, 6.07) is 24.9. The quantitative estimate of drug-likeness (QED) is 0.380. The van der Waals surface area contributed by atoms with Gasteiger partial charge in [0.1, 0.15) is 0 Å². The number of allylic oxidation sites excluding steroid dienone is 8. The van der Waals surface area contributed by atoms with Crippen LogP contribution in [-0.2, 0) is 20.4 Å². The predicted octanol–water partition coefficient (Wildman–Crippen LogP) is 1.94. The summed E-state index contributed by atoms with van der Waals surface area (Å²) in [6.45, 7) is 7.07. The third-order valence-electron chi connectivity index (χ3n) is 7.23. The van der Waals surface area contributed by atoms with Crippen LogP contribution in [0.25, 0.3) is 11.1 Å². The molecule has 0 N–H and O–H groups in total. The average Bonchev–Trinajstić information content (AvgIpc) is 3.44. The molecule has 188 valence electrons. The summed E-state index contributed by atoms with van der Waals surface area (Å²) in [6.07, 6.45) is 6.73. The standard InChI is InChI=1S/2C12H10F.C7H8Si.2ClH.Zr/c2*1-9-3-2-4-12(9)10-5-7-11(13)8-6-10;1-8-7-5-3-2-4-6-7;;;/h2*4-8H,2H2,1H3;2-6H,1H3;2*1H;/q;;;;;+2/p-2. The Hall–Kier alpha value is -1.84. The van der Waals surface area contributed by atoms with E-state index in [4.69, 9.17) is 0 Å². The summed E-state index contributed by atoms with van der Waals surface area (Å²) >= 11 is -2.29. The van der Waals surface area contributed by atoms with Gasteiger partial charge in [-0.2, -0.15) is 0 Å². The van der Waals surface area contributed by atoms with E-state index in [1.165, 1.54) is 27.5 Å². The van der Waals surface area contributed by atoms with Gasteiger partial charge in [0.25, 0.3) is 0 Å². The van der Waals surface area contributed by atoms with E-state index in [0.717, 1.165) is 24.0 Å². The first-order chi connectivity index (χ1) is 16.9. The fourth-order valence-corrected chi connectivity index (χ4v) is 25.6. The molecule has 3 aromatic rings. The van der Waals surface area contributed by atoms with Gasteiger partial charge in [-0.1, -0.05) is 0 Å². The van der Waals surface area contributed by atoms with Crippen LogP contribution in [-0.4, -0.2) is 5.43 Å². The van der Waals surface area contributed by atoms with Crippen molar-refractivity contribution in [3.05, 3.63) is 131 Å². The fraction of sp³-hybridized carbons (Fsp3) is 0.161. The first-order valence-electron chi connectivity index (χ1n) is 12.0. The van der Waals surface area contributed by atoms with E-state index in [1.54, 1.807) is 30.8 Å². The first-order valence-corrected chi connectivity index (χ1v) is 20.2. The zero-order valence-electron chi connectivity index (χ0n) is 21.1. The molecule has 0 saturated carbocycles. The molecule has 0 aliphatic heterocycles. The molecule has 0 unspecified atom stereocenters. The molecule has 37 heavy (non-hydrogen) atoms. The summed E-state index contributed by atoms with van der Waals surface area (Å²) in [4.78, 5) is 0. The van der Waals surface area contributed by atoms with Gasteiger partial charge in [0.2, 0.25) is 0 Å². The molecule has 0 radical (unpaired) electrons. The Morgan fingerprint density at radius 2 is 1.03 bits per heavy atom. The Morgan fingerprint density at radius 3 is 1.43 bits per heavy atom.